The van der Waals surface area contributed by atoms with E-state index >= 15 is 0 Å². The minimum Gasteiger partial charge on any atom is -0.493 e. The molecule has 0 saturated carbocycles. The number of thiophene rings is 1. The van der Waals surface area contributed by atoms with Gasteiger partial charge in [0.2, 0.25) is 11.8 Å². The fraction of sp³-hybridized carbons (Fsp3) is 0.345. The Morgan fingerprint density at radius 1 is 0.947 bits per heavy atom. The van der Waals surface area contributed by atoms with Crippen molar-refractivity contribution in [3.63, 3.8) is 0 Å². The summed E-state index contributed by atoms with van der Waals surface area (Å²) in [5.74, 6) is 0.189. The third-order valence-corrected chi connectivity index (χ3v) is 6.60. The van der Waals surface area contributed by atoms with E-state index in [0.29, 0.717) is 28.4 Å². The van der Waals surface area contributed by atoms with Gasteiger partial charge in [0.15, 0.2) is 11.5 Å². The maximum Gasteiger partial charge on any atom is 0.261 e. The van der Waals surface area contributed by atoms with Crippen LogP contribution in [0.2, 0.25) is 0 Å². The molecule has 0 spiro atoms. The monoisotopic (exact) mass is 537 g/mol. The van der Waals surface area contributed by atoms with Crippen molar-refractivity contribution in [2.24, 2.45) is 0 Å². The van der Waals surface area contributed by atoms with E-state index in [1.165, 1.54) is 16.2 Å². The van der Waals surface area contributed by atoms with Crippen LogP contribution in [0.15, 0.2) is 66.0 Å². The number of carbonyl (C=O) groups is 3. The number of amides is 3. The van der Waals surface area contributed by atoms with Gasteiger partial charge in [-0.3, -0.25) is 14.4 Å². The fourth-order valence-electron chi connectivity index (χ4n) is 3.98. The molecule has 9 heteroatoms. The SMILES string of the molecule is COc1ccc(CCN(C(=O)CNC(=O)c2cccs2)[C@@H](C(=O)NC(C)(C)C)c2ccccc2)cc1OC. The van der Waals surface area contributed by atoms with Gasteiger partial charge in [-0.25, -0.2) is 0 Å². The van der Waals surface area contributed by atoms with Crippen molar-refractivity contribution in [2.75, 3.05) is 27.3 Å². The second-order valence-corrected chi connectivity index (χ2v) is 10.7. The van der Waals surface area contributed by atoms with Crippen molar-refractivity contribution in [2.45, 2.75) is 38.8 Å². The van der Waals surface area contributed by atoms with Crippen LogP contribution in [-0.4, -0.2) is 55.5 Å². The smallest absolute Gasteiger partial charge is 0.261 e. The van der Waals surface area contributed by atoms with Crippen molar-refractivity contribution in [3.05, 3.63) is 82.0 Å². The van der Waals surface area contributed by atoms with Gasteiger partial charge in [-0.2, -0.15) is 0 Å². The van der Waals surface area contributed by atoms with Gasteiger partial charge in [0.05, 0.1) is 25.6 Å². The minimum absolute atomic E-state index is 0.236. The second-order valence-electron chi connectivity index (χ2n) is 9.74. The van der Waals surface area contributed by atoms with Crippen LogP contribution in [-0.2, 0) is 16.0 Å². The van der Waals surface area contributed by atoms with Crippen molar-refractivity contribution < 1.29 is 23.9 Å². The molecule has 3 aromatic rings. The van der Waals surface area contributed by atoms with Gasteiger partial charge in [-0.05, 0) is 61.9 Å². The maximum absolute atomic E-state index is 13.6. The van der Waals surface area contributed by atoms with Crippen LogP contribution in [0.4, 0.5) is 0 Å². The molecule has 1 aromatic heterocycles. The van der Waals surface area contributed by atoms with E-state index in [0.717, 1.165) is 5.56 Å². The Labute approximate surface area is 228 Å². The van der Waals surface area contributed by atoms with Gasteiger partial charge in [0.1, 0.15) is 6.04 Å². The molecule has 2 N–H and O–H groups in total. The first-order valence-electron chi connectivity index (χ1n) is 12.3. The molecule has 0 radical (unpaired) electrons. The zero-order valence-electron chi connectivity index (χ0n) is 22.4. The highest BCUT2D eigenvalue weighted by atomic mass is 32.1. The molecular formula is C29H35N3O5S. The number of carbonyl (C=O) groups excluding carboxylic acids is 3. The Hall–Kier alpha value is -3.85. The molecule has 38 heavy (non-hydrogen) atoms. The third kappa shape index (κ3) is 7.82. The standard InChI is InChI=1S/C29H35N3O5S/c1-29(2,3)31-28(35)26(21-10-7-6-8-11-21)32(25(33)19-30-27(34)24-12-9-17-38-24)16-15-20-13-14-22(36-4)23(18-20)37-5/h6-14,17-18,26H,15-16,19H2,1-5H3,(H,30,34)(H,31,35)/t26-/m1/s1. The largest absolute Gasteiger partial charge is 0.493 e. The molecule has 0 aliphatic heterocycles. The van der Waals surface area contributed by atoms with Gasteiger partial charge >= 0.3 is 0 Å². The Morgan fingerprint density at radius 3 is 2.26 bits per heavy atom. The molecule has 0 aliphatic carbocycles. The lowest BCUT2D eigenvalue weighted by atomic mass is 10.0. The highest BCUT2D eigenvalue weighted by Crippen LogP contribution is 2.29. The van der Waals surface area contributed by atoms with Crippen LogP contribution in [0, 0.1) is 0 Å². The predicted octanol–water partition coefficient (Wildman–Crippen LogP) is 4.22. The summed E-state index contributed by atoms with van der Waals surface area (Å²) in [7, 11) is 3.14. The average molecular weight is 538 g/mol. The summed E-state index contributed by atoms with van der Waals surface area (Å²) in [5, 5.41) is 7.52. The number of rotatable bonds is 11. The van der Waals surface area contributed by atoms with Crippen molar-refractivity contribution in [1.29, 1.82) is 0 Å². The van der Waals surface area contributed by atoms with E-state index in [2.05, 4.69) is 10.6 Å². The summed E-state index contributed by atoms with van der Waals surface area (Å²) >= 11 is 1.30. The zero-order chi connectivity index (χ0) is 27.7. The molecular weight excluding hydrogens is 502 g/mol. The Kier molecular flexibility index (Phi) is 9.90. The number of nitrogens with one attached hydrogen (secondary N) is 2. The molecule has 0 aliphatic rings. The number of nitrogens with zero attached hydrogens (tertiary/aromatic N) is 1. The number of ether oxygens (including phenoxy) is 2. The van der Waals surface area contributed by atoms with E-state index < -0.39 is 11.6 Å². The highest BCUT2D eigenvalue weighted by molar-refractivity contribution is 7.12. The number of hydrogen-bond donors (Lipinski definition) is 2. The fourth-order valence-corrected chi connectivity index (χ4v) is 4.62. The van der Waals surface area contributed by atoms with Crippen LogP contribution in [0.25, 0.3) is 0 Å². The van der Waals surface area contributed by atoms with E-state index in [9.17, 15) is 14.4 Å². The van der Waals surface area contributed by atoms with Gasteiger partial charge in [-0.1, -0.05) is 42.5 Å². The van der Waals surface area contributed by atoms with Gasteiger partial charge in [0, 0.05) is 12.1 Å². The summed E-state index contributed by atoms with van der Waals surface area (Å²) in [6.45, 7) is 5.67. The molecule has 8 nitrogen and oxygen atoms in total. The van der Waals surface area contributed by atoms with Crippen molar-refractivity contribution >= 4 is 29.1 Å². The van der Waals surface area contributed by atoms with Crippen LogP contribution < -0.4 is 20.1 Å². The van der Waals surface area contributed by atoms with Crippen LogP contribution in [0.1, 0.15) is 47.6 Å². The highest BCUT2D eigenvalue weighted by Gasteiger charge is 2.33. The maximum atomic E-state index is 13.6. The summed E-state index contributed by atoms with van der Waals surface area (Å²) in [4.78, 5) is 41.8. The quantitative estimate of drug-likeness (QED) is 0.382. The molecule has 0 saturated heterocycles. The summed E-state index contributed by atoms with van der Waals surface area (Å²) in [5.41, 5.74) is 1.08. The van der Waals surface area contributed by atoms with E-state index in [1.807, 2.05) is 69.3 Å². The lowest BCUT2D eigenvalue weighted by Crippen LogP contribution is -2.51. The molecule has 202 valence electrons. The van der Waals surface area contributed by atoms with Gasteiger partial charge < -0.3 is 25.0 Å². The molecule has 3 amide bonds. The molecule has 2 aromatic carbocycles. The van der Waals surface area contributed by atoms with E-state index in [4.69, 9.17) is 9.47 Å². The van der Waals surface area contributed by atoms with Crippen molar-refractivity contribution in [3.8, 4) is 11.5 Å². The Bertz CT molecular complexity index is 1220. The van der Waals surface area contributed by atoms with Crippen LogP contribution in [0.5, 0.6) is 11.5 Å². The number of benzene rings is 2. The first kappa shape index (κ1) is 28.7. The topological polar surface area (TPSA) is 97.0 Å². The zero-order valence-corrected chi connectivity index (χ0v) is 23.3. The number of hydrogen-bond acceptors (Lipinski definition) is 6. The van der Waals surface area contributed by atoms with E-state index in [-0.39, 0.29) is 30.8 Å². The van der Waals surface area contributed by atoms with Crippen LogP contribution in [0.3, 0.4) is 0 Å². The third-order valence-electron chi connectivity index (χ3n) is 5.73. The summed E-state index contributed by atoms with van der Waals surface area (Å²) in [6, 6.07) is 17.3. The average Bonchev–Trinajstić information content (AvgIpc) is 3.44. The van der Waals surface area contributed by atoms with Crippen LogP contribution >= 0.6 is 11.3 Å². The first-order valence-corrected chi connectivity index (χ1v) is 13.2. The Morgan fingerprint density at radius 2 is 1.66 bits per heavy atom. The molecule has 0 unspecified atom stereocenters. The van der Waals surface area contributed by atoms with Gasteiger partial charge in [0.25, 0.3) is 5.91 Å². The molecule has 0 fully saturated rings. The lowest BCUT2D eigenvalue weighted by Gasteiger charge is -2.34. The van der Waals surface area contributed by atoms with Gasteiger partial charge in [-0.15, -0.1) is 11.3 Å². The molecule has 0 bridgehead atoms. The lowest BCUT2D eigenvalue weighted by molar-refractivity contribution is -0.140. The number of methoxy groups -OCH3 is 2. The summed E-state index contributed by atoms with van der Waals surface area (Å²) in [6.07, 6.45) is 0.455. The molecule has 3 rings (SSSR count). The second kappa shape index (κ2) is 13.1. The Balaban J connectivity index is 1.92. The first-order chi connectivity index (χ1) is 18.1. The minimum atomic E-state index is -0.887. The normalized spacial score (nSPS) is 11.8. The summed E-state index contributed by atoms with van der Waals surface area (Å²) < 4.78 is 10.8. The molecule has 1 heterocycles. The molecule has 1 atom stereocenters. The van der Waals surface area contributed by atoms with Crippen molar-refractivity contribution in [1.82, 2.24) is 15.5 Å². The predicted molar refractivity (Wildman–Crippen MR) is 149 cm³/mol. The van der Waals surface area contributed by atoms with E-state index in [1.54, 1.807) is 31.7 Å².